The van der Waals surface area contributed by atoms with Gasteiger partial charge < -0.3 is 9.47 Å². The first kappa shape index (κ1) is 23.7. The number of rotatable bonds is 9. The number of hydrogen-bond donors (Lipinski definition) is 1. The summed E-state index contributed by atoms with van der Waals surface area (Å²) < 4.78 is 51.1. The molecule has 0 radical (unpaired) electrons. The predicted octanol–water partition coefficient (Wildman–Crippen LogP) is 3.19. The summed E-state index contributed by atoms with van der Waals surface area (Å²) in [6.07, 6.45) is 1.35. The molecule has 1 N–H and O–H groups in total. The lowest BCUT2D eigenvalue weighted by Gasteiger charge is -2.23. The molecule has 0 bridgehead atoms. The maximum absolute atomic E-state index is 13.4. The molecule has 3 aromatic carbocycles. The number of methoxy groups -OCH3 is 2. The highest BCUT2D eigenvalue weighted by atomic mass is 32.2. The monoisotopic (exact) mass is 471 g/mol. The summed E-state index contributed by atoms with van der Waals surface area (Å²) in [5, 5.41) is 3.90. The van der Waals surface area contributed by atoms with Gasteiger partial charge in [0.2, 0.25) is 0 Å². The summed E-state index contributed by atoms with van der Waals surface area (Å²) in [6.45, 7) is -0.574. The summed E-state index contributed by atoms with van der Waals surface area (Å²) in [5.74, 6) is -0.151. The molecule has 172 valence electrons. The molecular weight excluding hydrogens is 449 g/mol. The van der Waals surface area contributed by atoms with Gasteiger partial charge in [-0.3, -0.25) is 9.10 Å². The van der Waals surface area contributed by atoms with Gasteiger partial charge in [-0.2, -0.15) is 5.10 Å². The fraction of sp³-hybridized carbons (Fsp3) is 0.130. The van der Waals surface area contributed by atoms with Crippen molar-refractivity contribution in [1.29, 1.82) is 0 Å². The third-order valence-electron chi connectivity index (χ3n) is 4.56. The van der Waals surface area contributed by atoms with Gasteiger partial charge in [-0.15, -0.1) is 0 Å². The Morgan fingerprint density at radius 3 is 2.36 bits per heavy atom. The Balaban J connectivity index is 1.83. The number of amides is 1. The van der Waals surface area contributed by atoms with E-state index in [1.54, 1.807) is 36.4 Å². The molecule has 0 aliphatic carbocycles. The molecule has 0 aromatic heterocycles. The van der Waals surface area contributed by atoms with Crippen LogP contribution in [0.3, 0.4) is 0 Å². The lowest BCUT2D eigenvalue weighted by atomic mass is 10.2. The predicted molar refractivity (Wildman–Crippen MR) is 123 cm³/mol. The number of halogens is 1. The van der Waals surface area contributed by atoms with Crippen LogP contribution < -0.4 is 19.2 Å². The standard InChI is InChI=1S/C23H22FN3O5S/c1-31-20-12-13-22(32-2)17(14-20)15-25-26-23(28)16-27(19-10-8-18(24)9-11-19)33(29,30)21-6-4-3-5-7-21/h3-15H,16H2,1-2H3,(H,26,28)/b25-15-. The Bertz CT molecular complexity index is 1230. The zero-order valence-electron chi connectivity index (χ0n) is 17.9. The maximum atomic E-state index is 13.4. The molecule has 0 fully saturated rings. The lowest BCUT2D eigenvalue weighted by Crippen LogP contribution is -2.39. The summed E-state index contributed by atoms with van der Waals surface area (Å²) in [5.41, 5.74) is 2.99. The number of nitrogens with zero attached hydrogens (tertiary/aromatic N) is 2. The van der Waals surface area contributed by atoms with E-state index in [-0.39, 0.29) is 10.6 Å². The molecule has 0 unspecified atom stereocenters. The molecule has 0 aliphatic rings. The minimum Gasteiger partial charge on any atom is -0.497 e. The molecule has 0 saturated carbocycles. The number of ether oxygens (including phenoxy) is 2. The lowest BCUT2D eigenvalue weighted by molar-refractivity contribution is -0.119. The molecule has 3 rings (SSSR count). The Hall–Kier alpha value is -3.92. The van der Waals surface area contributed by atoms with Crippen LogP contribution in [0.25, 0.3) is 0 Å². The van der Waals surface area contributed by atoms with E-state index in [1.165, 1.54) is 44.7 Å². The number of carbonyl (C=O) groups excluding carboxylic acids is 1. The van der Waals surface area contributed by atoms with Crippen LogP contribution in [0.2, 0.25) is 0 Å². The Morgan fingerprint density at radius 1 is 1.03 bits per heavy atom. The zero-order valence-corrected chi connectivity index (χ0v) is 18.8. The molecule has 8 nitrogen and oxygen atoms in total. The molecule has 0 aliphatic heterocycles. The Kier molecular flexibility index (Phi) is 7.62. The van der Waals surface area contributed by atoms with Gasteiger partial charge >= 0.3 is 0 Å². The van der Waals surface area contributed by atoms with Crippen molar-refractivity contribution >= 4 is 27.8 Å². The van der Waals surface area contributed by atoms with Crippen molar-refractivity contribution in [2.24, 2.45) is 5.10 Å². The Morgan fingerprint density at radius 2 is 1.73 bits per heavy atom. The van der Waals surface area contributed by atoms with E-state index in [0.29, 0.717) is 17.1 Å². The SMILES string of the molecule is COc1ccc(OC)c(/C=N\NC(=O)CN(c2ccc(F)cc2)S(=O)(=O)c2ccccc2)c1. The van der Waals surface area contributed by atoms with Crippen molar-refractivity contribution < 1.29 is 27.1 Å². The molecule has 3 aromatic rings. The summed E-state index contributed by atoms with van der Waals surface area (Å²) in [4.78, 5) is 12.6. The van der Waals surface area contributed by atoms with Crippen LogP contribution in [-0.4, -0.2) is 41.3 Å². The highest BCUT2D eigenvalue weighted by Crippen LogP contribution is 2.24. The van der Waals surface area contributed by atoms with E-state index >= 15 is 0 Å². The van der Waals surface area contributed by atoms with Crippen LogP contribution in [0.15, 0.2) is 82.8 Å². The molecule has 0 saturated heterocycles. The quantitative estimate of drug-likeness (QED) is 0.382. The van der Waals surface area contributed by atoms with Gasteiger partial charge in [0.1, 0.15) is 23.9 Å². The van der Waals surface area contributed by atoms with E-state index in [4.69, 9.17) is 9.47 Å². The average molecular weight is 472 g/mol. The van der Waals surface area contributed by atoms with Crippen LogP contribution in [-0.2, 0) is 14.8 Å². The average Bonchev–Trinajstić information content (AvgIpc) is 2.83. The van der Waals surface area contributed by atoms with Crippen LogP contribution >= 0.6 is 0 Å². The number of sulfonamides is 1. The van der Waals surface area contributed by atoms with E-state index in [1.807, 2.05) is 0 Å². The van der Waals surface area contributed by atoms with Gasteiger partial charge in [0.15, 0.2) is 0 Å². The molecule has 0 atom stereocenters. The molecule has 33 heavy (non-hydrogen) atoms. The van der Waals surface area contributed by atoms with Crippen LogP contribution in [0.5, 0.6) is 11.5 Å². The van der Waals surface area contributed by atoms with Gasteiger partial charge in [0.05, 0.1) is 31.0 Å². The molecule has 0 spiro atoms. The summed E-state index contributed by atoms with van der Waals surface area (Å²) in [7, 11) is -1.09. The van der Waals surface area contributed by atoms with Crippen molar-refractivity contribution in [1.82, 2.24) is 5.43 Å². The number of benzene rings is 3. The van der Waals surface area contributed by atoms with Crippen LogP contribution in [0, 0.1) is 5.82 Å². The van der Waals surface area contributed by atoms with Crippen LogP contribution in [0.4, 0.5) is 10.1 Å². The largest absolute Gasteiger partial charge is 0.497 e. The highest BCUT2D eigenvalue weighted by Gasteiger charge is 2.27. The summed E-state index contributed by atoms with van der Waals surface area (Å²) >= 11 is 0. The zero-order chi connectivity index (χ0) is 23.8. The highest BCUT2D eigenvalue weighted by molar-refractivity contribution is 7.92. The number of nitrogens with one attached hydrogen (secondary N) is 1. The van der Waals surface area contributed by atoms with E-state index in [2.05, 4.69) is 10.5 Å². The molecular formula is C23H22FN3O5S. The van der Waals surface area contributed by atoms with Crippen molar-refractivity contribution in [2.45, 2.75) is 4.90 Å². The van der Waals surface area contributed by atoms with E-state index < -0.39 is 28.3 Å². The first-order valence-electron chi connectivity index (χ1n) is 9.72. The first-order chi connectivity index (χ1) is 15.8. The van der Waals surface area contributed by atoms with Crippen LogP contribution in [0.1, 0.15) is 5.56 Å². The van der Waals surface area contributed by atoms with E-state index in [0.717, 1.165) is 16.4 Å². The van der Waals surface area contributed by atoms with Crippen molar-refractivity contribution in [2.75, 3.05) is 25.1 Å². The van der Waals surface area contributed by atoms with Crippen molar-refractivity contribution in [3.05, 3.63) is 84.2 Å². The third kappa shape index (κ3) is 5.86. The molecule has 1 amide bonds. The second-order valence-corrected chi connectivity index (χ2v) is 8.56. The van der Waals surface area contributed by atoms with Gasteiger partial charge in [-0.25, -0.2) is 18.2 Å². The molecule has 10 heteroatoms. The number of hydrazone groups is 1. The first-order valence-corrected chi connectivity index (χ1v) is 11.2. The second-order valence-electron chi connectivity index (χ2n) is 6.70. The fourth-order valence-corrected chi connectivity index (χ4v) is 4.36. The minimum atomic E-state index is -4.10. The minimum absolute atomic E-state index is 0.00765. The Labute approximate surface area is 191 Å². The van der Waals surface area contributed by atoms with E-state index in [9.17, 15) is 17.6 Å². The van der Waals surface area contributed by atoms with Crippen molar-refractivity contribution in [3.8, 4) is 11.5 Å². The van der Waals surface area contributed by atoms with Gasteiger partial charge in [-0.1, -0.05) is 18.2 Å². The van der Waals surface area contributed by atoms with Gasteiger partial charge in [-0.05, 0) is 54.6 Å². The number of anilines is 1. The normalized spacial score (nSPS) is 11.2. The second kappa shape index (κ2) is 10.6. The topological polar surface area (TPSA) is 97.3 Å². The molecule has 0 heterocycles. The smallest absolute Gasteiger partial charge is 0.264 e. The van der Waals surface area contributed by atoms with Gasteiger partial charge in [0, 0.05) is 5.56 Å². The third-order valence-corrected chi connectivity index (χ3v) is 6.35. The van der Waals surface area contributed by atoms with Crippen molar-refractivity contribution in [3.63, 3.8) is 0 Å². The number of carbonyl (C=O) groups is 1. The van der Waals surface area contributed by atoms with Gasteiger partial charge in [0.25, 0.3) is 15.9 Å². The maximum Gasteiger partial charge on any atom is 0.264 e. The number of hydrogen-bond acceptors (Lipinski definition) is 6. The fourth-order valence-electron chi connectivity index (χ4n) is 2.92. The summed E-state index contributed by atoms with van der Waals surface area (Å²) in [6, 6.07) is 17.5.